The minimum Gasteiger partial charge on any atom is -0.441 e. The summed E-state index contributed by atoms with van der Waals surface area (Å²) >= 11 is 0. The average Bonchev–Trinajstić information content (AvgIpc) is 3.77. The van der Waals surface area contributed by atoms with E-state index in [9.17, 15) is 9.36 Å². The van der Waals surface area contributed by atoms with Crippen LogP contribution in [0.25, 0.3) is 22.7 Å². The third-order valence-electron chi connectivity index (χ3n) is 7.68. The van der Waals surface area contributed by atoms with Crippen LogP contribution >= 0.6 is 7.82 Å². The zero-order valence-electron chi connectivity index (χ0n) is 24.3. The largest absolute Gasteiger partial charge is 0.475 e. The average molecular weight is 625 g/mol. The number of hydrogen-bond acceptors (Lipinski definition) is 10. The van der Waals surface area contributed by atoms with Crippen LogP contribution in [0.2, 0.25) is 0 Å². The van der Waals surface area contributed by atoms with Crippen molar-refractivity contribution in [3.8, 4) is 22.7 Å². The van der Waals surface area contributed by atoms with Crippen LogP contribution in [0.3, 0.4) is 0 Å². The second-order valence-corrected chi connectivity index (χ2v) is 12.4. The number of carbonyl (C=O) groups is 1. The first-order chi connectivity index (χ1) is 21.9. The van der Waals surface area contributed by atoms with Gasteiger partial charge in [0.05, 0.1) is 31.5 Å². The molecule has 2 aliphatic heterocycles. The van der Waals surface area contributed by atoms with Gasteiger partial charge in [0.2, 0.25) is 5.89 Å². The summed E-state index contributed by atoms with van der Waals surface area (Å²) in [6, 6.07) is 28.0. The molecule has 7 rings (SSSR count). The molecule has 5 aromatic rings. The summed E-state index contributed by atoms with van der Waals surface area (Å²) < 4.78 is 42.2. The fraction of sp³-hybridized carbons (Fsp3) is 0.212. The molecule has 4 heterocycles. The Morgan fingerprint density at radius 2 is 1.56 bits per heavy atom. The number of aromatic nitrogens is 3. The molecular weight excluding hydrogens is 595 g/mol. The predicted molar refractivity (Wildman–Crippen MR) is 164 cm³/mol. The van der Waals surface area contributed by atoms with E-state index in [1.807, 2.05) is 91.0 Å². The molecule has 2 unspecified atom stereocenters. The van der Waals surface area contributed by atoms with Crippen LogP contribution in [0.15, 0.2) is 102 Å². The number of rotatable bonds is 11. The van der Waals surface area contributed by atoms with E-state index in [0.29, 0.717) is 23.9 Å². The number of phosphoric acid groups is 1. The highest BCUT2D eigenvalue weighted by Crippen LogP contribution is 2.52. The number of benzene rings is 3. The van der Waals surface area contributed by atoms with E-state index in [0.717, 1.165) is 33.5 Å². The molecular formula is C33H29N4O7P. The number of hydrogen-bond donors (Lipinski definition) is 0. The minimum atomic E-state index is -4.04. The van der Waals surface area contributed by atoms with Crippen molar-refractivity contribution < 1.29 is 32.1 Å². The number of amides is 1. The molecule has 3 aromatic carbocycles. The van der Waals surface area contributed by atoms with Crippen molar-refractivity contribution >= 4 is 19.6 Å². The van der Waals surface area contributed by atoms with Crippen LogP contribution in [0.4, 0.5) is 10.5 Å². The first-order valence-corrected chi connectivity index (χ1v) is 15.9. The van der Waals surface area contributed by atoms with E-state index in [1.54, 1.807) is 18.0 Å². The second-order valence-electron chi connectivity index (χ2n) is 10.7. The van der Waals surface area contributed by atoms with E-state index in [-0.39, 0.29) is 25.9 Å². The lowest BCUT2D eigenvalue weighted by Gasteiger charge is -2.21. The zero-order valence-corrected chi connectivity index (χ0v) is 25.2. The molecule has 0 N–H and O–H groups in total. The van der Waals surface area contributed by atoms with Crippen LogP contribution < -0.4 is 4.90 Å². The van der Waals surface area contributed by atoms with Gasteiger partial charge in [-0.1, -0.05) is 72.8 Å². The van der Waals surface area contributed by atoms with Gasteiger partial charge in [0, 0.05) is 18.7 Å². The van der Waals surface area contributed by atoms with E-state index in [2.05, 4.69) is 15.2 Å². The van der Waals surface area contributed by atoms with Crippen LogP contribution in [-0.4, -0.2) is 40.0 Å². The van der Waals surface area contributed by atoms with Gasteiger partial charge >= 0.3 is 13.9 Å². The summed E-state index contributed by atoms with van der Waals surface area (Å²) in [5, 5.41) is 7.87. The van der Waals surface area contributed by atoms with E-state index < -0.39 is 20.0 Å². The number of nitrogens with zero attached hydrogens (tertiary/aromatic N) is 4. The summed E-state index contributed by atoms with van der Waals surface area (Å²) in [5.74, 6) is 0.834. The fourth-order valence-electron chi connectivity index (χ4n) is 5.42. The monoisotopic (exact) mass is 624 g/mol. The van der Waals surface area contributed by atoms with Gasteiger partial charge in [-0.3, -0.25) is 23.5 Å². The van der Waals surface area contributed by atoms with E-state index in [1.165, 1.54) is 0 Å². The Labute approximate surface area is 259 Å². The van der Waals surface area contributed by atoms with Crippen molar-refractivity contribution in [2.45, 2.75) is 38.7 Å². The standard InChI is InChI=1S/C33H29N4O7P/c1-22-35-36-32(43-22)28-14-12-26(18-34-28)25-13-15-29-27(16-25)17-30-31(44-33(38)37(29)30)21-42-45(39,40-19-23-8-4-2-5-9-23)41-20-24-10-6-3-7-11-24/h2-16,18,30-31H,17,19-21H2,1H3. The lowest BCUT2D eigenvalue weighted by atomic mass is 10.0. The Bertz CT molecular complexity index is 1800. The smallest absolute Gasteiger partial charge is 0.441 e. The number of ether oxygens (including phenoxy) is 1. The maximum Gasteiger partial charge on any atom is 0.475 e. The van der Waals surface area contributed by atoms with Crippen LogP contribution in [0.5, 0.6) is 0 Å². The molecule has 0 radical (unpaired) electrons. The number of anilines is 1. The van der Waals surface area contributed by atoms with Gasteiger partial charge in [0.1, 0.15) is 11.8 Å². The van der Waals surface area contributed by atoms with Gasteiger partial charge in [-0.15, -0.1) is 10.2 Å². The van der Waals surface area contributed by atoms with Crippen LogP contribution in [0, 0.1) is 6.92 Å². The first kappa shape index (κ1) is 29.1. The predicted octanol–water partition coefficient (Wildman–Crippen LogP) is 6.92. The Morgan fingerprint density at radius 3 is 2.18 bits per heavy atom. The van der Waals surface area contributed by atoms with E-state index in [4.69, 9.17) is 22.7 Å². The Balaban J connectivity index is 1.04. The molecule has 2 aromatic heterocycles. The molecule has 228 valence electrons. The molecule has 1 saturated heterocycles. The van der Waals surface area contributed by atoms with Crippen LogP contribution in [-0.2, 0) is 42.5 Å². The Hall–Kier alpha value is -4.67. The Kier molecular flexibility index (Phi) is 7.99. The highest BCUT2D eigenvalue weighted by atomic mass is 31.2. The molecule has 12 heteroatoms. The van der Waals surface area contributed by atoms with Crippen molar-refractivity contribution in [2.75, 3.05) is 11.5 Å². The molecule has 0 aliphatic carbocycles. The summed E-state index contributed by atoms with van der Waals surface area (Å²) in [5.41, 5.74) is 5.83. The van der Waals surface area contributed by atoms with Crippen LogP contribution in [0.1, 0.15) is 22.6 Å². The maximum atomic E-state index is 13.8. The number of carbonyl (C=O) groups excluding carboxylic acids is 1. The Morgan fingerprint density at radius 1 is 0.867 bits per heavy atom. The molecule has 2 atom stereocenters. The summed E-state index contributed by atoms with van der Waals surface area (Å²) in [6.45, 7) is 1.64. The molecule has 0 saturated carbocycles. The fourth-order valence-corrected chi connectivity index (χ4v) is 6.59. The van der Waals surface area contributed by atoms with Crippen molar-refractivity contribution in [3.05, 3.63) is 120 Å². The number of fused-ring (bicyclic) bond motifs is 3. The van der Waals surface area contributed by atoms with Crippen molar-refractivity contribution in [1.29, 1.82) is 0 Å². The normalized spacial score (nSPS) is 17.3. The third-order valence-corrected chi connectivity index (χ3v) is 9.04. The third kappa shape index (κ3) is 6.29. The number of cyclic esters (lactones) is 1. The van der Waals surface area contributed by atoms with E-state index >= 15 is 0 Å². The number of aryl methyl sites for hydroxylation is 1. The van der Waals surface area contributed by atoms with Gasteiger partial charge in [-0.25, -0.2) is 9.36 Å². The molecule has 45 heavy (non-hydrogen) atoms. The highest BCUT2D eigenvalue weighted by molar-refractivity contribution is 7.48. The summed E-state index contributed by atoms with van der Waals surface area (Å²) in [4.78, 5) is 19.1. The SMILES string of the molecule is Cc1nnc(-c2ccc(-c3ccc4c(c3)CC3C(COP(=O)(OCc5ccccc5)OCc5ccccc5)OC(=O)N43)cn2)o1. The molecule has 1 amide bonds. The lowest BCUT2D eigenvalue weighted by molar-refractivity contribution is 0.0515. The van der Waals surface area contributed by atoms with Gasteiger partial charge in [-0.05, 0) is 46.9 Å². The number of phosphoric ester groups is 1. The summed E-state index contributed by atoms with van der Waals surface area (Å²) in [7, 11) is -4.04. The van der Waals surface area contributed by atoms with Crippen molar-refractivity contribution in [3.63, 3.8) is 0 Å². The molecule has 2 aliphatic rings. The zero-order chi connectivity index (χ0) is 30.8. The van der Waals surface area contributed by atoms with Crippen molar-refractivity contribution in [2.24, 2.45) is 0 Å². The number of pyridine rings is 1. The van der Waals surface area contributed by atoms with Gasteiger partial charge in [0.15, 0.2) is 0 Å². The lowest BCUT2D eigenvalue weighted by Crippen LogP contribution is -2.35. The second kappa shape index (κ2) is 12.4. The van der Waals surface area contributed by atoms with Crippen molar-refractivity contribution in [1.82, 2.24) is 15.2 Å². The molecule has 11 nitrogen and oxygen atoms in total. The minimum absolute atomic E-state index is 0.0333. The molecule has 0 bridgehead atoms. The highest BCUT2D eigenvalue weighted by Gasteiger charge is 2.48. The molecule has 0 spiro atoms. The van der Waals surface area contributed by atoms with Gasteiger partial charge < -0.3 is 9.15 Å². The first-order valence-electron chi connectivity index (χ1n) is 14.5. The molecule has 1 fully saturated rings. The van der Waals surface area contributed by atoms with Gasteiger partial charge in [0.25, 0.3) is 5.89 Å². The quantitative estimate of drug-likeness (QED) is 0.143. The van der Waals surface area contributed by atoms with Gasteiger partial charge in [-0.2, -0.15) is 0 Å². The maximum absolute atomic E-state index is 13.8. The summed E-state index contributed by atoms with van der Waals surface area (Å²) in [6.07, 6.45) is 1.13. The topological polar surface area (TPSA) is 126 Å².